The number of hydrogen-bond donors (Lipinski definition) is 10. The lowest BCUT2D eigenvalue weighted by atomic mass is 9.95. The molecule has 2 rings (SSSR count). The van der Waals surface area contributed by atoms with Crippen LogP contribution in [0.3, 0.4) is 0 Å². The molecule has 0 unspecified atom stereocenters. The molecule has 0 aliphatic carbocycles. The van der Waals surface area contributed by atoms with E-state index in [-0.39, 0.29) is 50.0 Å². The Morgan fingerprint density at radius 1 is 0.907 bits per heavy atom. The zero-order chi connectivity index (χ0) is 40.7. The SMILES string of the molecule is CC[C@H](C)[C@H](NC(=O)[C@H](CCCNC(=N)N)NC(=O)[C@@H](N)Cc1ccc(O)cc1)C(=O)N[C@H](C(=O)N1CCC[C@H]1C(=O)N[C@@H](CC(C)C)C(=O)O)C(C)C. The number of likely N-dealkylation sites (tertiary alicyclic amines) is 1. The number of carboxylic acid groups (broad SMARTS) is 1. The second-order valence-electron chi connectivity index (χ2n) is 14.8. The van der Waals surface area contributed by atoms with Gasteiger partial charge >= 0.3 is 5.97 Å². The van der Waals surface area contributed by atoms with Gasteiger partial charge in [0.05, 0.1) is 6.04 Å². The number of amides is 5. The van der Waals surface area contributed by atoms with Gasteiger partial charge in [-0.1, -0.05) is 60.1 Å². The minimum absolute atomic E-state index is 0.0108. The van der Waals surface area contributed by atoms with Gasteiger partial charge in [0.1, 0.15) is 36.0 Å². The molecular formula is C37H61N9O8. The molecule has 7 atom stereocenters. The maximum absolute atomic E-state index is 14.0. The molecule has 12 N–H and O–H groups in total. The molecule has 302 valence electrons. The number of carbonyl (C=O) groups is 6. The number of phenols is 1. The number of carboxylic acids is 1. The van der Waals surface area contributed by atoms with E-state index < -0.39 is 83.6 Å². The molecule has 0 spiro atoms. The Kier molecular flexibility index (Phi) is 18.2. The van der Waals surface area contributed by atoms with Gasteiger partial charge in [-0.15, -0.1) is 0 Å². The summed E-state index contributed by atoms with van der Waals surface area (Å²) in [7, 11) is 0. The van der Waals surface area contributed by atoms with Crippen molar-refractivity contribution >= 4 is 41.5 Å². The average Bonchev–Trinajstić information content (AvgIpc) is 3.60. The lowest BCUT2D eigenvalue weighted by Crippen LogP contribution is -2.61. The van der Waals surface area contributed by atoms with Crippen LogP contribution in [0.5, 0.6) is 5.75 Å². The van der Waals surface area contributed by atoms with Gasteiger partial charge in [-0.3, -0.25) is 29.4 Å². The molecule has 5 amide bonds. The quantitative estimate of drug-likeness (QED) is 0.0462. The van der Waals surface area contributed by atoms with Crippen LogP contribution in [0.4, 0.5) is 0 Å². The summed E-state index contributed by atoms with van der Waals surface area (Å²) in [5, 5.41) is 40.1. The van der Waals surface area contributed by atoms with Crippen LogP contribution in [-0.4, -0.2) is 106 Å². The van der Waals surface area contributed by atoms with E-state index in [0.29, 0.717) is 31.2 Å². The van der Waals surface area contributed by atoms with Gasteiger partial charge < -0.3 is 53.2 Å². The number of benzene rings is 1. The molecule has 1 fully saturated rings. The fourth-order valence-corrected chi connectivity index (χ4v) is 6.21. The van der Waals surface area contributed by atoms with Crippen molar-refractivity contribution in [2.45, 2.75) is 123 Å². The third-order valence-electron chi connectivity index (χ3n) is 9.53. The Hall–Kier alpha value is -4.93. The maximum Gasteiger partial charge on any atom is 0.326 e. The van der Waals surface area contributed by atoms with E-state index in [9.17, 15) is 39.0 Å². The Morgan fingerprint density at radius 2 is 1.54 bits per heavy atom. The highest BCUT2D eigenvalue weighted by Gasteiger charge is 2.41. The summed E-state index contributed by atoms with van der Waals surface area (Å²) < 4.78 is 0. The number of guanidine groups is 1. The summed E-state index contributed by atoms with van der Waals surface area (Å²) in [6, 6.07) is -0.128. The number of hydrogen-bond acceptors (Lipinski definition) is 9. The molecule has 1 aromatic carbocycles. The number of phenolic OH excluding ortho intramolecular Hbond substituents is 1. The topological polar surface area (TPSA) is 282 Å². The van der Waals surface area contributed by atoms with Crippen LogP contribution in [0.25, 0.3) is 0 Å². The van der Waals surface area contributed by atoms with Crippen molar-refractivity contribution in [3.8, 4) is 5.75 Å². The highest BCUT2D eigenvalue weighted by molar-refractivity contribution is 5.96. The first-order valence-electron chi connectivity index (χ1n) is 18.7. The first-order chi connectivity index (χ1) is 25.4. The number of nitrogens with two attached hydrogens (primary N) is 2. The lowest BCUT2D eigenvalue weighted by Gasteiger charge is -2.33. The third kappa shape index (κ3) is 14.1. The van der Waals surface area contributed by atoms with Crippen molar-refractivity contribution in [1.82, 2.24) is 31.5 Å². The third-order valence-corrected chi connectivity index (χ3v) is 9.53. The molecule has 0 saturated carbocycles. The predicted molar refractivity (Wildman–Crippen MR) is 203 cm³/mol. The predicted octanol–water partition coefficient (Wildman–Crippen LogP) is 0.288. The van der Waals surface area contributed by atoms with Crippen molar-refractivity contribution in [2.24, 2.45) is 29.2 Å². The van der Waals surface area contributed by atoms with E-state index in [1.807, 2.05) is 20.8 Å². The van der Waals surface area contributed by atoms with Crippen LogP contribution >= 0.6 is 0 Å². The van der Waals surface area contributed by atoms with Crippen molar-refractivity contribution in [2.75, 3.05) is 13.1 Å². The molecule has 0 aromatic heterocycles. The molecular weight excluding hydrogens is 698 g/mol. The van der Waals surface area contributed by atoms with E-state index in [4.69, 9.17) is 16.9 Å². The van der Waals surface area contributed by atoms with Gasteiger partial charge in [-0.2, -0.15) is 0 Å². The van der Waals surface area contributed by atoms with E-state index in [1.54, 1.807) is 32.9 Å². The maximum atomic E-state index is 14.0. The molecule has 0 radical (unpaired) electrons. The number of nitrogens with zero attached hydrogens (tertiary/aromatic N) is 1. The number of aromatic hydroxyl groups is 1. The minimum Gasteiger partial charge on any atom is -0.508 e. The molecule has 1 heterocycles. The minimum atomic E-state index is -1.16. The molecule has 1 aliphatic rings. The van der Waals surface area contributed by atoms with Crippen molar-refractivity contribution < 1.29 is 39.0 Å². The molecule has 54 heavy (non-hydrogen) atoms. The monoisotopic (exact) mass is 759 g/mol. The van der Waals surface area contributed by atoms with Gasteiger partial charge in [-0.05, 0) is 74.0 Å². The van der Waals surface area contributed by atoms with Crippen LogP contribution in [0.2, 0.25) is 0 Å². The highest BCUT2D eigenvalue weighted by Crippen LogP contribution is 2.22. The van der Waals surface area contributed by atoms with Crippen molar-refractivity contribution in [1.29, 1.82) is 5.41 Å². The van der Waals surface area contributed by atoms with Gasteiger partial charge in [-0.25, -0.2) is 4.79 Å². The van der Waals surface area contributed by atoms with Crippen LogP contribution < -0.4 is 38.1 Å². The van der Waals surface area contributed by atoms with Crippen LogP contribution in [-0.2, 0) is 35.2 Å². The van der Waals surface area contributed by atoms with E-state index in [2.05, 4.69) is 26.6 Å². The van der Waals surface area contributed by atoms with Crippen molar-refractivity contribution in [3.05, 3.63) is 29.8 Å². The lowest BCUT2D eigenvalue weighted by molar-refractivity contribution is -0.145. The first-order valence-corrected chi connectivity index (χ1v) is 18.7. The number of rotatable bonds is 21. The fourth-order valence-electron chi connectivity index (χ4n) is 6.21. The number of aliphatic carboxylic acids is 1. The zero-order valence-corrected chi connectivity index (χ0v) is 32.3. The van der Waals surface area contributed by atoms with Gasteiger partial charge in [0.15, 0.2) is 5.96 Å². The second kappa shape index (κ2) is 21.7. The summed E-state index contributed by atoms with van der Waals surface area (Å²) in [4.78, 5) is 81.4. The molecule has 1 aromatic rings. The Bertz CT molecular complexity index is 1460. The number of nitrogens with one attached hydrogen (secondary N) is 6. The van der Waals surface area contributed by atoms with Gasteiger partial charge in [0.25, 0.3) is 0 Å². The standard InChI is InChI=1S/C37H61N9O8/c1-7-22(6)30(45-32(49)26(10-8-16-41-37(39)40)42-31(48)25(38)19-23-12-14-24(47)15-13-23)34(51)44-29(21(4)5)35(52)46-17-9-11-28(46)33(50)43-27(36(53)54)18-20(2)3/h12-15,20-22,25-30,47H,7-11,16-19,38H2,1-6H3,(H,42,48)(H,43,50)(H,44,51)(H,45,49)(H,53,54)(H4,39,40,41)/t22-,25-,26-,27-,28-,29-,30-/m0/s1. The summed E-state index contributed by atoms with van der Waals surface area (Å²) >= 11 is 0. The van der Waals surface area contributed by atoms with Crippen LogP contribution in [0.15, 0.2) is 24.3 Å². The second-order valence-corrected chi connectivity index (χ2v) is 14.8. The largest absolute Gasteiger partial charge is 0.508 e. The molecule has 0 bridgehead atoms. The van der Waals surface area contributed by atoms with E-state index >= 15 is 0 Å². The number of carbonyl (C=O) groups excluding carboxylic acids is 5. The van der Waals surface area contributed by atoms with E-state index in [0.717, 1.165) is 0 Å². The molecule has 17 nitrogen and oxygen atoms in total. The van der Waals surface area contributed by atoms with Gasteiger partial charge in [0, 0.05) is 13.1 Å². The summed E-state index contributed by atoms with van der Waals surface area (Å²) in [6.07, 6.45) is 2.13. The molecule has 17 heteroatoms. The fraction of sp³-hybridized carbons (Fsp3) is 0.649. The Balaban J connectivity index is 2.24. The summed E-state index contributed by atoms with van der Waals surface area (Å²) in [6.45, 7) is 11.3. The zero-order valence-electron chi connectivity index (χ0n) is 32.3. The van der Waals surface area contributed by atoms with Gasteiger partial charge in [0.2, 0.25) is 29.5 Å². The van der Waals surface area contributed by atoms with Crippen LogP contribution in [0.1, 0.15) is 85.6 Å². The van der Waals surface area contributed by atoms with Crippen molar-refractivity contribution in [3.63, 3.8) is 0 Å². The summed E-state index contributed by atoms with van der Waals surface area (Å²) in [5.41, 5.74) is 12.3. The average molecular weight is 760 g/mol. The Labute approximate surface area is 317 Å². The Morgan fingerprint density at radius 3 is 2.09 bits per heavy atom. The summed E-state index contributed by atoms with van der Waals surface area (Å²) in [5.74, 6) is -5.11. The van der Waals surface area contributed by atoms with Crippen LogP contribution in [0, 0.1) is 23.2 Å². The molecule has 1 aliphatic heterocycles. The molecule has 1 saturated heterocycles. The van der Waals surface area contributed by atoms with E-state index in [1.165, 1.54) is 17.0 Å². The highest BCUT2D eigenvalue weighted by atomic mass is 16.4. The first kappa shape index (κ1) is 45.2. The normalized spacial score (nSPS) is 17.4. The smallest absolute Gasteiger partial charge is 0.326 e.